The molecule has 0 aromatic carbocycles. The molecule has 2 fully saturated rings. The van der Waals surface area contributed by atoms with Crippen LogP contribution in [0.25, 0.3) is 0 Å². The van der Waals surface area contributed by atoms with E-state index >= 15 is 0 Å². The largest absolute Gasteiger partial charge is 0.357 e. The maximum absolute atomic E-state index is 11.2. The summed E-state index contributed by atoms with van der Waals surface area (Å²) >= 11 is 0. The number of nitrogens with one attached hydrogen (secondary N) is 1. The fourth-order valence-electron chi connectivity index (χ4n) is 2.29. The Hall–Kier alpha value is -0.580. The molecule has 0 bridgehead atoms. The second-order valence-corrected chi connectivity index (χ2v) is 6.43. The first-order chi connectivity index (χ1) is 6.58. The van der Waals surface area contributed by atoms with Gasteiger partial charge >= 0.3 is 0 Å². The number of hydrogen-bond donors (Lipinski definition) is 1. The predicted molar refractivity (Wildman–Crippen MR) is 55.3 cm³/mol. The number of sulfone groups is 1. The van der Waals surface area contributed by atoms with E-state index in [1.807, 2.05) is 0 Å². The van der Waals surface area contributed by atoms with E-state index in [-0.39, 0.29) is 0 Å². The Morgan fingerprint density at radius 2 is 1.93 bits per heavy atom. The minimum Gasteiger partial charge on any atom is -0.357 e. The van der Waals surface area contributed by atoms with Crippen LogP contribution in [0.1, 0.15) is 25.7 Å². The minimum absolute atomic E-state index is 0.307. The summed E-state index contributed by atoms with van der Waals surface area (Å²) in [6.07, 6.45) is 3.35. The highest BCUT2D eigenvalue weighted by Gasteiger charge is 2.30. The molecule has 0 atom stereocenters. The Morgan fingerprint density at radius 3 is 2.43 bits per heavy atom. The zero-order chi connectivity index (χ0) is 10.2. The van der Waals surface area contributed by atoms with Crippen LogP contribution in [-0.2, 0) is 9.84 Å². The van der Waals surface area contributed by atoms with E-state index in [1.165, 1.54) is 0 Å². The van der Waals surface area contributed by atoms with Crippen molar-refractivity contribution in [2.24, 2.45) is 0 Å². The van der Waals surface area contributed by atoms with Crippen molar-refractivity contribution in [3.05, 3.63) is 0 Å². The molecular weight excluding hydrogens is 200 g/mol. The molecule has 2 aliphatic heterocycles. The van der Waals surface area contributed by atoms with Crippen molar-refractivity contribution in [1.29, 1.82) is 5.41 Å². The van der Waals surface area contributed by atoms with Crippen LogP contribution in [0.5, 0.6) is 0 Å². The summed E-state index contributed by atoms with van der Waals surface area (Å²) in [5.74, 6) is 1.32. The molecule has 0 aliphatic carbocycles. The van der Waals surface area contributed by atoms with Gasteiger partial charge in [0, 0.05) is 19.0 Å². The first kappa shape index (κ1) is 9.96. The lowest BCUT2D eigenvalue weighted by molar-refractivity contribution is 0.308. The molecule has 2 heterocycles. The van der Waals surface area contributed by atoms with Gasteiger partial charge in [0.15, 0.2) is 0 Å². The zero-order valence-corrected chi connectivity index (χ0v) is 9.02. The van der Waals surface area contributed by atoms with Gasteiger partial charge in [0.25, 0.3) is 0 Å². The molecule has 0 spiro atoms. The van der Waals surface area contributed by atoms with Gasteiger partial charge in [-0.3, -0.25) is 5.41 Å². The maximum Gasteiger partial charge on any atom is 0.150 e. The number of hydrogen-bond acceptors (Lipinski definition) is 3. The lowest BCUT2D eigenvalue weighted by atomic mass is 10.1. The van der Waals surface area contributed by atoms with Crippen molar-refractivity contribution in [1.82, 2.24) is 4.90 Å². The number of likely N-dealkylation sites (tertiary alicyclic amines) is 1. The molecular formula is C9H16N2O2S. The minimum atomic E-state index is -2.76. The molecule has 2 rings (SSSR count). The zero-order valence-electron chi connectivity index (χ0n) is 8.20. The summed E-state index contributed by atoms with van der Waals surface area (Å²) in [5.41, 5.74) is 0. The van der Waals surface area contributed by atoms with Gasteiger partial charge in [0.1, 0.15) is 9.84 Å². The van der Waals surface area contributed by atoms with E-state index in [9.17, 15) is 8.42 Å². The third-order valence-electron chi connectivity index (χ3n) is 3.12. The highest BCUT2D eigenvalue weighted by Crippen LogP contribution is 2.22. The fourth-order valence-corrected chi connectivity index (χ4v) is 3.75. The van der Waals surface area contributed by atoms with Gasteiger partial charge in [-0.15, -0.1) is 0 Å². The van der Waals surface area contributed by atoms with Crippen molar-refractivity contribution in [3.8, 4) is 0 Å². The van der Waals surface area contributed by atoms with E-state index in [0.717, 1.165) is 19.4 Å². The Labute approximate surface area is 84.7 Å². The van der Waals surface area contributed by atoms with Crippen LogP contribution < -0.4 is 0 Å². The number of amidine groups is 1. The molecule has 4 nitrogen and oxygen atoms in total. The molecule has 2 aliphatic rings. The lowest BCUT2D eigenvalue weighted by Crippen LogP contribution is -2.41. The molecule has 0 unspecified atom stereocenters. The third-order valence-corrected chi connectivity index (χ3v) is 4.84. The monoisotopic (exact) mass is 216 g/mol. The quantitative estimate of drug-likeness (QED) is 0.699. The number of rotatable bonds is 1. The molecule has 0 amide bonds. The maximum atomic E-state index is 11.2. The van der Waals surface area contributed by atoms with Crippen LogP contribution >= 0.6 is 0 Å². The Bertz CT molecular complexity index is 323. The summed E-state index contributed by atoms with van der Waals surface area (Å²) in [7, 11) is -2.76. The fraction of sp³-hybridized carbons (Fsp3) is 0.889. The Morgan fingerprint density at radius 1 is 1.29 bits per heavy atom. The van der Waals surface area contributed by atoms with Gasteiger partial charge < -0.3 is 4.90 Å². The Balaban J connectivity index is 1.98. The van der Waals surface area contributed by atoms with Crippen molar-refractivity contribution >= 4 is 15.7 Å². The van der Waals surface area contributed by atoms with E-state index in [1.54, 1.807) is 0 Å². The molecule has 5 heteroatoms. The Kier molecular flexibility index (Phi) is 2.51. The van der Waals surface area contributed by atoms with Crippen LogP contribution in [0.3, 0.4) is 0 Å². The number of nitrogens with zero attached hydrogens (tertiary/aromatic N) is 1. The van der Waals surface area contributed by atoms with Crippen molar-refractivity contribution in [2.45, 2.75) is 31.7 Å². The first-order valence-corrected chi connectivity index (χ1v) is 6.95. The van der Waals surface area contributed by atoms with Crippen LogP contribution in [0.4, 0.5) is 0 Å². The molecule has 0 aromatic rings. The van der Waals surface area contributed by atoms with Crippen molar-refractivity contribution in [3.63, 3.8) is 0 Å². The van der Waals surface area contributed by atoms with Gasteiger partial charge in [-0.05, 0) is 19.3 Å². The SMILES string of the molecule is N=C1CCCN1C1CCS(=O)(=O)CC1. The second kappa shape index (κ2) is 3.53. The van der Waals surface area contributed by atoms with Crippen LogP contribution in [0.15, 0.2) is 0 Å². The molecule has 14 heavy (non-hydrogen) atoms. The second-order valence-electron chi connectivity index (χ2n) is 4.13. The van der Waals surface area contributed by atoms with Crippen LogP contribution in [0.2, 0.25) is 0 Å². The highest BCUT2D eigenvalue weighted by molar-refractivity contribution is 7.91. The van der Waals surface area contributed by atoms with Crippen LogP contribution in [-0.4, -0.2) is 43.2 Å². The van der Waals surface area contributed by atoms with Crippen LogP contribution in [0, 0.1) is 5.41 Å². The molecule has 80 valence electrons. The average Bonchev–Trinajstić information content (AvgIpc) is 2.52. The molecule has 0 aromatic heterocycles. The van der Waals surface area contributed by atoms with Gasteiger partial charge in [-0.2, -0.15) is 0 Å². The average molecular weight is 216 g/mol. The van der Waals surface area contributed by atoms with E-state index < -0.39 is 9.84 Å². The summed E-state index contributed by atoms with van der Waals surface area (Å²) in [6.45, 7) is 0.948. The molecule has 1 N–H and O–H groups in total. The van der Waals surface area contributed by atoms with Gasteiger partial charge in [-0.1, -0.05) is 0 Å². The summed E-state index contributed by atoms with van der Waals surface area (Å²) < 4.78 is 22.4. The summed E-state index contributed by atoms with van der Waals surface area (Å²) in [5, 5.41) is 7.72. The highest BCUT2D eigenvalue weighted by atomic mass is 32.2. The van der Waals surface area contributed by atoms with E-state index in [4.69, 9.17) is 5.41 Å². The van der Waals surface area contributed by atoms with Gasteiger partial charge in [0.2, 0.25) is 0 Å². The topological polar surface area (TPSA) is 61.2 Å². The summed E-state index contributed by atoms with van der Waals surface area (Å²) in [6, 6.07) is 0.313. The van der Waals surface area contributed by atoms with E-state index in [2.05, 4.69) is 4.90 Å². The molecule has 2 saturated heterocycles. The van der Waals surface area contributed by atoms with Gasteiger partial charge in [0.05, 0.1) is 17.3 Å². The standard InChI is InChI=1S/C9H16N2O2S/c10-9-2-1-5-11(9)8-3-6-14(12,13)7-4-8/h8,10H,1-7H2. The normalized spacial score (nSPS) is 28.3. The van der Waals surface area contributed by atoms with E-state index in [0.29, 0.717) is 36.2 Å². The first-order valence-electron chi connectivity index (χ1n) is 5.13. The van der Waals surface area contributed by atoms with Crippen molar-refractivity contribution in [2.75, 3.05) is 18.1 Å². The van der Waals surface area contributed by atoms with Crippen molar-refractivity contribution < 1.29 is 8.42 Å². The van der Waals surface area contributed by atoms with Gasteiger partial charge in [-0.25, -0.2) is 8.42 Å². The predicted octanol–water partition coefficient (Wildman–Crippen LogP) is 0.637. The smallest absolute Gasteiger partial charge is 0.150 e. The molecule has 0 saturated carbocycles. The summed E-state index contributed by atoms with van der Waals surface area (Å²) in [4.78, 5) is 2.09. The third kappa shape index (κ3) is 1.92. The lowest BCUT2D eigenvalue weighted by Gasteiger charge is -2.32. The molecule has 0 radical (unpaired) electrons.